The predicted molar refractivity (Wildman–Crippen MR) is 84.3 cm³/mol. The molecular formula is C16H21NO2S. The van der Waals surface area contributed by atoms with Crippen LogP contribution in [0.15, 0.2) is 30.3 Å². The monoisotopic (exact) mass is 291 g/mol. The summed E-state index contributed by atoms with van der Waals surface area (Å²) in [5, 5.41) is 1.23. The van der Waals surface area contributed by atoms with E-state index in [9.17, 15) is 4.79 Å². The molecule has 0 fully saturated rings. The van der Waals surface area contributed by atoms with E-state index in [1.165, 1.54) is 15.0 Å². The lowest BCUT2D eigenvalue weighted by Gasteiger charge is -2.23. The minimum Gasteiger partial charge on any atom is -0.371 e. The van der Waals surface area contributed by atoms with Crippen molar-refractivity contribution in [2.45, 2.75) is 26.4 Å². The first-order valence-electron chi connectivity index (χ1n) is 6.98. The smallest absolute Gasteiger partial charge is 0.252 e. The third kappa shape index (κ3) is 3.19. The molecule has 0 aliphatic rings. The summed E-state index contributed by atoms with van der Waals surface area (Å²) < 4.78 is 6.67. The van der Waals surface area contributed by atoms with E-state index in [0.717, 1.165) is 13.1 Å². The van der Waals surface area contributed by atoms with Crippen LogP contribution in [0.5, 0.6) is 0 Å². The van der Waals surface area contributed by atoms with Crippen LogP contribution < -0.4 is 0 Å². The van der Waals surface area contributed by atoms with Crippen LogP contribution in [-0.2, 0) is 16.0 Å². The maximum absolute atomic E-state index is 12.4. The molecule has 1 amide bonds. The molecule has 0 bridgehead atoms. The van der Waals surface area contributed by atoms with Gasteiger partial charge in [0, 0.05) is 36.2 Å². The summed E-state index contributed by atoms with van der Waals surface area (Å²) in [7, 11) is 1.61. The van der Waals surface area contributed by atoms with Crippen LogP contribution in [0.1, 0.15) is 18.7 Å². The molecule has 1 heterocycles. The number of ether oxygens (including phenoxy) is 1. The van der Waals surface area contributed by atoms with Gasteiger partial charge in [-0.2, -0.15) is 0 Å². The molecule has 1 aromatic carbocycles. The molecule has 0 N–H and O–H groups in total. The van der Waals surface area contributed by atoms with Crippen molar-refractivity contribution in [3.8, 4) is 0 Å². The van der Waals surface area contributed by atoms with Gasteiger partial charge in [0.2, 0.25) is 0 Å². The largest absolute Gasteiger partial charge is 0.371 e. The second-order valence-electron chi connectivity index (χ2n) is 4.69. The third-order valence-electron chi connectivity index (χ3n) is 3.50. The van der Waals surface area contributed by atoms with E-state index in [1.54, 1.807) is 18.4 Å². The van der Waals surface area contributed by atoms with Crippen molar-refractivity contribution in [2.75, 3.05) is 20.2 Å². The Balaban J connectivity index is 2.15. The molecule has 0 aliphatic heterocycles. The molecule has 4 heteroatoms. The lowest BCUT2D eigenvalue weighted by molar-refractivity contribution is -0.141. The van der Waals surface area contributed by atoms with E-state index in [1.807, 2.05) is 30.9 Å². The zero-order valence-corrected chi connectivity index (χ0v) is 13.1. The van der Waals surface area contributed by atoms with Crippen LogP contribution >= 0.6 is 11.3 Å². The summed E-state index contributed by atoms with van der Waals surface area (Å²) in [5.41, 5.74) is 0. The summed E-state index contributed by atoms with van der Waals surface area (Å²) in [5.74, 6) is 0.0787. The van der Waals surface area contributed by atoms with E-state index in [4.69, 9.17) is 4.74 Å². The lowest BCUT2D eigenvalue weighted by Crippen LogP contribution is -2.40. The van der Waals surface area contributed by atoms with Gasteiger partial charge in [0.15, 0.2) is 0 Å². The quantitative estimate of drug-likeness (QED) is 0.817. The van der Waals surface area contributed by atoms with Crippen LogP contribution in [0.2, 0.25) is 0 Å². The van der Waals surface area contributed by atoms with Crippen LogP contribution in [0.4, 0.5) is 0 Å². The summed E-state index contributed by atoms with van der Waals surface area (Å²) >= 11 is 1.73. The van der Waals surface area contributed by atoms with E-state index >= 15 is 0 Å². The van der Waals surface area contributed by atoms with Gasteiger partial charge in [0.05, 0.1) is 0 Å². The third-order valence-corrected chi connectivity index (χ3v) is 4.64. The molecule has 0 saturated heterocycles. The highest BCUT2D eigenvalue weighted by Crippen LogP contribution is 2.26. The van der Waals surface area contributed by atoms with Crippen LogP contribution in [-0.4, -0.2) is 37.1 Å². The number of methoxy groups -OCH3 is 1. The van der Waals surface area contributed by atoms with Crippen LogP contribution in [0, 0.1) is 0 Å². The van der Waals surface area contributed by atoms with Gasteiger partial charge in [-0.25, -0.2) is 0 Å². The fourth-order valence-electron chi connectivity index (χ4n) is 2.33. The summed E-state index contributed by atoms with van der Waals surface area (Å²) in [6, 6.07) is 10.4. The number of nitrogens with zero attached hydrogens (tertiary/aromatic N) is 1. The summed E-state index contributed by atoms with van der Waals surface area (Å²) in [4.78, 5) is 15.4. The number of carbonyl (C=O) groups excluding carboxylic acids is 1. The Morgan fingerprint density at radius 3 is 2.60 bits per heavy atom. The molecule has 20 heavy (non-hydrogen) atoms. The molecule has 1 aromatic heterocycles. The van der Waals surface area contributed by atoms with E-state index in [2.05, 4.69) is 18.2 Å². The number of likely N-dealkylation sites (N-methyl/N-ethyl adjacent to an activating group) is 1. The number of hydrogen-bond acceptors (Lipinski definition) is 3. The molecule has 0 aliphatic carbocycles. The topological polar surface area (TPSA) is 29.5 Å². The van der Waals surface area contributed by atoms with Gasteiger partial charge in [0.25, 0.3) is 5.91 Å². The molecule has 2 rings (SSSR count). The molecule has 3 nitrogen and oxygen atoms in total. The molecule has 0 saturated carbocycles. The van der Waals surface area contributed by atoms with Crippen molar-refractivity contribution >= 4 is 27.3 Å². The second-order valence-corrected chi connectivity index (χ2v) is 5.86. The minimum atomic E-state index is -0.386. The Morgan fingerprint density at radius 1 is 1.30 bits per heavy atom. The maximum atomic E-state index is 12.4. The zero-order valence-electron chi connectivity index (χ0n) is 12.3. The minimum absolute atomic E-state index is 0.0787. The Morgan fingerprint density at radius 2 is 2.00 bits per heavy atom. The predicted octanol–water partition coefficient (Wildman–Crippen LogP) is 3.33. The normalized spacial score (nSPS) is 12.6. The first-order chi connectivity index (χ1) is 9.69. The summed E-state index contributed by atoms with van der Waals surface area (Å²) in [6.45, 7) is 5.43. The van der Waals surface area contributed by atoms with Crippen LogP contribution in [0.25, 0.3) is 10.1 Å². The highest BCUT2D eigenvalue weighted by Gasteiger charge is 2.23. The highest BCUT2D eigenvalue weighted by molar-refractivity contribution is 7.19. The van der Waals surface area contributed by atoms with Gasteiger partial charge in [-0.05, 0) is 31.4 Å². The van der Waals surface area contributed by atoms with E-state index < -0.39 is 0 Å². The molecule has 1 unspecified atom stereocenters. The molecule has 0 spiro atoms. The van der Waals surface area contributed by atoms with Crippen molar-refractivity contribution in [1.29, 1.82) is 0 Å². The van der Waals surface area contributed by atoms with Gasteiger partial charge in [-0.3, -0.25) is 4.79 Å². The van der Waals surface area contributed by atoms with E-state index in [-0.39, 0.29) is 12.0 Å². The van der Waals surface area contributed by atoms with Gasteiger partial charge in [0.1, 0.15) is 6.10 Å². The second kappa shape index (κ2) is 6.86. The molecule has 2 aromatic rings. The average molecular weight is 291 g/mol. The van der Waals surface area contributed by atoms with Crippen molar-refractivity contribution in [3.05, 3.63) is 35.2 Å². The van der Waals surface area contributed by atoms with Crippen molar-refractivity contribution in [2.24, 2.45) is 0 Å². The Hall–Kier alpha value is -1.39. The van der Waals surface area contributed by atoms with Gasteiger partial charge >= 0.3 is 0 Å². The number of benzene rings is 1. The fraction of sp³-hybridized carbons (Fsp3) is 0.438. The summed E-state index contributed by atoms with van der Waals surface area (Å²) in [6.07, 6.45) is 0.258. The van der Waals surface area contributed by atoms with Crippen molar-refractivity contribution in [3.63, 3.8) is 0 Å². The zero-order chi connectivity index (χ0) is 14.5. The van der Waals surface area contributed by atoms with E-state index in [0.29, 0.717) is 6.42 Å². The highest BCUT2D eigenvalue weighted by atomic mass is 32.1. The van der Waals surface area contributed by atoms with Gasteiger partial charge in [-0.1, -0.05) is 18.2 Å². The lowest BCUT2D eigenvalue weighted by atomic mass is 10.1. The number of carbonyl (C=O) groups is 1. The standard InChI is InChI=1S/C16H21NO2S/c1-4-17(5-2)16(18)14(19-3)11-13-10-12-8-6-7-9-15(12)20-13/h6-10,14H,4-5,11H2,1-3H3. The van der Waals surface area contributed by atoms with Crippen molar-refractivity contribution < 1.29 is 9.53 Å². The molecule has 1 atom stereocenters. The Labute approximate surface area is 124 Å². The Kier molecular flexibility index (Phi) is 5.15. The number of hydrogen-bond donors (Lipinski definition) is 0. The number of rotatable bonds is 6. The van der Waals surface area contributed by atoms with Gasteiger partial charge < -0.3 is 9.64 Å². The number of thiophene rings is 1. The molecule has 108 valence electrons. The first kappa shape index (κ1) is 15.0. The van der Waals surface area contributed by atoms with Gasteiger partial charge in [-0.15, -0.1) is 11.3 Å². The maximum Gasteiger partial charge on any atom is 0.252 e. The number of fused-ring (bicyclic) bond motifs is 1. The first-order valence-corrected chi connectivity index (χ1v) is 7.80. The number of amides is 1. The molecule has 0 radical (unpaired) electrons. The van der Waals surface area contributed by atoms with Crippen LogP contribution in [0.3, 0.4) is 0 Å². The molecular weight excluding hydrogens is 270 g/mol. The average Bonchev–Trinajstić information content (AvgIpc) is 2.88. The van der Waals surface area contributed by atoms with Crippen molar-refractivity contribution in [1.82, 2.24) is 4.90 Å². The fourth-order valence-corrected chi connectivity index (χ4v) is 3.43. The SMILES string of the molecule is CCN(CC)C(=O)C(Cc1cc2ccccc2s1)OC. The Bertz CT molecular complexity index is 542.